The molecule has 0 aromatic carbocycles. The van der Waals surface area contributed by atoms with Crippen LogP contribution >= 0.6 is 0 Å². The van der Waals surface area contributed by atoms with Gasteiger partial charge < -0.3 is 5.32 Å². The first-order valence-corrected chi connectivity index (χ1v) is 8.49. The van der Waals surface area contributed by atoms with E-state index < -0.39 is 0 Å². The third-order valence-electron chi connectivity index (χ3n) is 6.14. The van der Waals surface area contributed by atoms with Crippen molar-refractivity contribution in [2.45, 2.75) is 71.3 Å². The number of hydrogen-bond donors (Lipinski definition) is 1. The SMILES string of the molecule is C=C(C)CCC(NCC)C12CC3CC(CC(C3)C1)C2. The maximum Gasteiger partial charge on any atom is 0.0127 e. The molecule has 19 heavy (non-hydrogen) atoms. The lowest BCUT2D eigenvalue weighted by Crippen LogP contribution is -2.55. The zero-order chi connectivity index (χ0) is 13.5. The van der Waals surface area contributed by atoms with Crippen molar-refractivity contribution in [3.63, 3.8) is 0 Å². The number of hydrogen-bond acceptors (Lipinski definition) is 1. The van der Waals surface area contributed by atoms with Crippen LogP contribution in [0.2, 0.25) is 0 Å². The predicted molar refractivity (Wildman–Crippen MR) is 82.1 cm³/mol. The molecule has 4 rings (SSSR count). The van der Waals surface area contributed by atoms with E-state index in [1.165, 1.54) is 37.7 Å². The number of rotatable bonds is 6. The van der Waals surface area contributed by atoms with Gasteiger partial charge in [0.1, 0.15) is 0 Å². The van der Waals surface area contributed by atoms with E-state index in [4.69, 9.17) is 0 Å². The molecule has 1 atom stereocenters. The summed E-state index contributed by atoms with van der Waals surface area (Å²) in [5.74, 6) is 3.20. The quantitative estimate of drug-likeness (QED) is 0.692. The van der Waals surface area contributed by atoms with Crippen molar-refractivity contribution in [1.82, 2.24) is 5.32 Å². The molecular formula is C18H31N. The molecule has 4 bridgehead atoms. The monoisotopic (exact) mass is 261 g/mol. The van der Waals surface area contributed by atoms with Gasteiger partial charge in [-0.3, -0.25) is 0 Å². The molecule has 0 amide bonds. The molecule has 4 aliphatic carbocycles. The summed E-state index contributed by atoms with van der Waals surface area (Å²) in [4.78, 5) is 0. The second-order valence-electron chi connectivity index (χ2n) is 7.89. The van der Waals surface area contributed by atoms with Gasteiger partial charge in [0, 0.05) is 6.04 Å². The van der Waals surface area contributed by atoms with Gasteiger partial charge in [-0.25, -0.2) is 0 Å². The minimum absolute atomic E-state index is 0.653. The van der Waals surface area contributed by atoms with Crippen LogP contribution < -0.4 is 5.32 Å². The van der Waals surface area contributed by atoms with Crippen molar-refractivity contribution in [3.05, 3.63) is 12.2 Å². The van der Waals surface area contributed by atoms with E-state index >= 15 is 0 Å². The van der Waals surface area contributed by atoms with Crippen LogP contribution in [0.5, 0.6) is 0 Å². The smallest absolute Gasteiger partial charge is 0.0127 e. The maximum atomic E-state index is 4.11. The van der Waals surface area contributed by atoms with Crippen LogP contribution in [0.4, 0.5) is 0 Å². The highest BCUT2D eigenvalue weighted by molar-refractivity contribution is 5.07. The summed E-state index contributed by atoms with van der Waals surface area (Å²) in [7, 11) is 0. The van der Waals surface area contributed by atoms with E-state index in [0.717, 1.165) is 30.3 Å². The largest absolute Gasteiger partial charge is 0.314 e. The van der Waals surface area contributed by atoms with Gasteiger partial charge in [0.05, 0.1) is 0 Å². The van der Waals surface area contributed by atoms with E-state index in [1.54, 1.807) is 19.3 Å². The molecule has 1 unspecified atom stereocenters. The highest BCUT2D eigenvalue weighted by Crippen LogP contribution is 2.61. The van der Waals surface area contributed by atoms with Gasteiger partial charge >= 0.3 is 0 Å². The van der Waals surface area contributed by atoms with Gasteiger partial charge in [0.25, 0.3) is 0 Å². The Morgan fingerprint density at radius 3 is 2.11 bits per heavy atom. The molecule has 0 heterocycles. The molecule has 1 heteroatoms. The molecule has 0 saturated heterocycles. The number of allylic oxidation sites excluding steroid dienone is 1. The van der Waals surface area contributed by atoms with Crippen molar-refractivity contribution in [3.8, 4) is 0 Å². The Kier molecular flexibility index (Phi) is 3.77. The average molecular weight is 261 g/mol. The lowest BCUT2D eigenvalue weighted by Gasteiger charge is -2.59. The molecule has 0 aromatic rings. The summed E-state index contributed by atoms with van der Waals surface area (Å²) in [5, 5.41) is 3.85. The first kappa shape index (κ1) is 13.7. The Labute approximate surface area is 119 Å². The van der Waals surface area contributed by atoms with E-state index in [0.29, 0.717) is 5.41 Å². The van der Waals surface area contributed by atoms with Crippen LogP contribution in [0, 0.1) is 23.2 Å². The van der Waals surface area contributed by atoms with Crippen molar-refractivity contribution in [2.24, 2.45) is 23.2 Å². The van der Waals surface area contributed by atoms with Crippen molar-refractivity contribution in [1.29, 1.82) is 0 Å². The zero-order valence-corrected chi connectivity index (χ0v) is 12.9. The van der Waals surface area contributed by atoms with Crippen LogP contribution in [0.15, 0.2) is 12.2 Å². The van der Waals surface area contributed by atoms with Crippen LogP contribution in [-0.4, -0.2) is 12.6 Å². The fourth-order valence-corrected chi connectivity index (χ4v) is 5.87. The average Bonchev–Trinajstić information content (AvgIpc) is 2.32. The highest BCUT2D eigenvalue weighted by Gasteiger charge is 2.53. The molecule has 0 radical (unpaired) electrons. The van der Waals surface area contributed by atoms with Crippen LogP contribution in [0.1, 0.15) is 65.2 Å². The molecule has 4 saturated carbocycles. The second-order valence-corrected chi connectivity index (χ2v) is 7.89. The summed E-state index contributed by atoms with van der Waals surface area (Å²) in [6.07, 6.45) is 11.7. The lowest BCUT2D eigenvalue weighted by molar-refractivity contribution is -0.0748. The second kappa shape index (κ2) is 5.24. The Morgan fingerprint density at radius 1 is 1.16 bits per heavy atom. The molecule has 1 nitrogen and oxygen atoms in total. The molecule has 0 aliphatic heterocycles. The maximum absolute atomic E-state index is 4.11. The number of nitrogens with one attached hydrogen (secondary N) is 1. The Balaban J connectivity index is 1.74. The van der Waals surface area contributed by atoms with Crippen molar-refractivity contribution >= 4 is 0 Å². The molecular weight excluding hydrogens is 230 g/mol. The van der Waals surface area contributed by atoms with Crippen molar-refractivity contribution in [2.75, 3.05) is 6.54 Å². The zero-order valence-electron chi connectivity index (χ0n) is 12.9. The van der Waals surface area contributed by atoms with Gasteiger partial charge in [-0.15, -0.1) is 6.58 Å². The summed E-state index contributed by atoms with van der Waals surface area (Å²) >= 11 is 0. The Morgan fingerprint density at radius 2 is 1.68 bits per heavy atom. The fourth-order valence-electron chi connectivity index (χ4n) is 5.87. The third kappa shape index (κ3) is 2.63. The molecule has 1 N–H and O–H groups in total. The Hall–Kier alpha value is -0.300. The standard InChI is InChI=1S/C18H31N/c1-4-19-17(6-5-13(2)3)18-10-14-7-15(11-18)9-16(8-14)12-18/h14-17,19H,2,4-12H2,1,3H3. The normalized spacial score (nSPS) is 41.5. The molecule has 0 aromatic heterocycles. The van der Waals surface area contributed by atoms with Crippen molar-refractivity contribution < 1.29 is 0 Å². The van der Waals surface area contributed by atoms with Gasteiger partial charge in [0.15, 0.2) is 0 Å². The summed E-state index contributed by atoms with van der Waals surface area (Å²) in [6, 6.07) is 0.752. The minimum Gasteiger partial charge on any atom is -0.314 e. The first-order chi connectivity index (χ1) is 9.11. The summed E-state index contributed by atoms with van der Waals surface area (Å²) < 4.78 is 0. The molecule has 108 valence electrons. The van der Waals surface area contributed by atoms with E-state index in [9.17, 15) is 0 Å². The fraction of sp³-hybridized carbons (Fsp3) is 0.889. The minimum atomic E-state index is 0.653. The van der Waals surface area contributed by atoms with Gasteiger partial charge in [0.2, 0.25) is 0 Å². The third-order valence-corrected chi connectivity index (χ3v) is 6.14. The Bertz CT molecular complexity index is 308. The molecule has 0 spiro atoms. The van der Waals surface area contributed by atoms with Crippen LogP contribution in [0.25, 0.3) is 0 Å². The van der Waals surface area contributed by atoms with E-state index in [2.05, 4.69) is 25.7 Å². The lowest BCUT2D eigenvalue weighted by atomic mass is 9.47. The molecule has 4 aliphatic rings. The van der Waals surface area contributed by atoms with Gasteiger partial charge in [-0.05, 0) is 88.0 Å². The highest BCUT2D eigenvalue weighted by atomic mass is 14.9. The first-order valence-electron chi connectivity index (χ1n) is 8.49. The van der Waals surface area contributed by atoms with Gasteiger partial charge in [-0.1, -0.05) is 12.5 Å². The predicted octanol–water partition coefficient (Wildman–Crippen LogP) is 4.54. The van der Waals surface area contributed by atoms with Gasteiger partial charge in [-0.2, -0.15) is 0 Å². The van der Waals surface area contributed by atoms with Crippen LogP contribution in [-0.2, 0) is 0 Å². The summed E-state index contributed by atoms with van der Waals surface area (Å²) in [5.41, 5.74) is 2.01. The molecule has 4 fully saturated rings. The summed E-state index contributed by atoms with van der Waals surface area (Å²) in [6.45, 7) is 9.69. The van der Waals surface area contributed by atoms with E-state index in [-0.39, 0.29) is 0 Å². The van der Waals surface area contributed by atoms with E-state index in [1.807, 2.05) is 0 Å². The topological polar surface area (TPSA) is 12.0 Å². The van der Waals surface area contributed by atoms with Crippen LogP contribution in [0.3, 0.4) is 0 Å².